The van der Waals surface area contributed by atoms with Gasteiger partial charge in [-0.3, -0.25) is 4.79 Å². The van der Waals surface area contributed by atoms with Gasteiger partial charge in [0.25, 0.3) is 5.91 Å². The molecular weight excluding hydrogens is 257 g/mol. The summed E-state index contributed by atoms with van der Waals surface area (Å²) in [5, 5.41) is 2.48. The third-order valence-electron chi connectivity index (χ3n) is 3.06. The van der Waals surface area contributed by atoms with Gasteiger partial charge in [-0.25, -0.2) is 4.39 Å². The van der Waals surface area contributed by atoms with Crippen LogP contribution < -0.4 is 10.1 Å². The van der Waals surface area contributed by atoms with Gasteiger partial charge in [0.1, 0.15) is 11.6 Å². The quantitative estimate of drug-likeness (QED) is 0.926. The minimum atomic E-state index is -0.465. The summed E-state index contributed by atoms with van der Waals surface area (Å²) in [6.07, 6.45) is 0. The van der Waals surface area contributed by atoms with E-state index in [1.807, 2.05) is 26.0 Å². The lowest BCUT2D eigenvalue weighted by atomic mass is 10.1. The van der Waals surface area contributed by atoms with Crippen molar-refractivity contribution in [1.82, 2.24) is 0 Å². The minimum Gasteiger partial charge on any atom is -0.483 e. The Bertz CT molecular complexity index is 626. The Morgan fingerprint density at radius 3 is 2.65 bits per heavy atom. The zero-order valence-corrected chi connectivity index (χ0v) is 11.4. The number of aryl methyl sites for hydroxylation is 1. The molecule has 0 aliphatic rings. The Morgan fingerprint density at radius 1 is 1.15 bits per heavy atom. The number of rotatable bonds is 4. The summed E-state index contributed by atoms with van der Waals surface area (Å²) in [7, 11) is 0. The summed E-state index contributed by atoms with van der Waals surface area (Å²) in [6.45, 7) is 3.75. The zero-order chi connectivity index (χ0) is 14.5. The van der Waals surface area contributed by atoms with E-state index in [1.54, 1.807) is 18.2 Å². The molecule has 1 N–H and O–H groups in total. The maximum Gasteiger partial charge on any atom is 0.262 e. The standard InChI is InChI=1S/C16H16FNO2/c1-11-6-5-9-15(12(11)2)20-10-16(19)18-14-8-4-3-7-13(14)17/h3-9H,10H2,1-2H3,(H,18,19). The van der Waals surface area contributed by atoms with Crippen molar-refractivity contribution in [1.29, 1.82) is 0 Å². The molecule has 1 amide bonds. The number of ether oxygens (including phenoxy) is 1. The molecule has 0 aliphatic carbocycles. The van der Waals surface area contributed by atoms with Gasteiger partial charge in [0.15, 0.2) is 6.61 Å². The van der Waals surface area contributed by atoms with Gasteiger partial charge >= 0.3 is 0 Å². The number of hydrogen-bond donors (Lipinski definition) is 1. The van der Waals surface area contributed by atoms with Crippen LogP contribution in [0, 0.1) is 19.7 Å². The SMILES string of the molecule is Cc1cccc(OCC(=O)Nc2ccccc2F)c1C. The molecule has 3 nitrogen and oxygen atoms in total. The van der Waals surface area contributed by atoms with Crippen molar-refractivity contribution in [2.45, 2.75) is 13.8 Å². The largest absolute Gasteiger partial charge is 0.483 e. The Labute approximate surface area is 117 Å². The van der Waals surface area contributed by atoms with E-state index in [1.165, 1.54) is 12.1 Å². The summed E-state index contributed by atoms with van der Waals surface area (Å²) < 4.78 is 18.8. The van der Waals surface area contributed by atoms with Gasteiger partial charge in [-0.05, 0) is 43.2 Å². The van der Waals surface area contributed by atoms with Gasteiger partial charge in [0.05, 0.1) is 5.69 Å². The molecule has 0 aromatic heterocycles. The molecule has 0 bridgehead atoms. The van der Waals surface area contributed by atoms with E-state index in [0.29, 0.717) is 5.75 Å². The minimum absolute atomic E-state index is 0.154. The molecular formula is C16H16FNO2. The van der Waals surface area contributed by atoms with Crippen LogP contribution in [-0.2, 0) is 4.79 Å². The number of amides is 1. The van der Waals surface area contributed by atoms with Gasteiger partial charge in [0, 0.05) is 0 Å². The smallest absolute Gasteiger partial charge is 0.262 e. The molecule has 4 heteroatoms. The van der Waals surface area contributed by atoms with Crippen LogP contribution in [-0.4, -0.2) is 12.5 Å². The monoisotopic (exact) mass is 273 g/mol. The summed E-state index contributed by atoms with van der Waals surface area (Å²) in [6, 6.07) is 11.7. The van der Waals surface area contributed by atoms with Crippen molar-refractivity contribution in [3.8, 4) is 5.75 Å². The molecule has 0 radical (unpaired) electrons. The predicted molar refractivity (Wildman–Crippen MR) is 76.4 cm³/mol. The van der Waals surface area contributed by atoms with Crippen molar-refractivity contribution < 1.29 is 13.9 Å². The molecule has 2 aromatic rings. The lowest BCUT2D eigenvalue weighted by Gasteiger charge is -2.11. The summed E-state index contributed by atoms with van der Waals surface area (Å²) >= 11 is 0. The number of hydrogen-bond acceptors (Lipinski definition) is 2. The highest BCUT2D eigenvalue weighted by molar-refractivity contribution is 5.91. The van der Waals surface area contributed by atoms with Crippen molar-refractivity contribution in [3.63, 3.8) is 0 Å². The highest BCUT2D eigenvalue weighted by atomic mass is 19.1. The molecule has 0 spiro atoms. The van der Waals surface area contributed by atoms with Crippen LogP contribution in [0.25, 0.3) is 0 Å². The van der Waals surface area contributed by atoms with Crippen molar-refractivity contribution in [3.05, 3.63) is 59.4 Å². The van der Waals surface area contributed by atoms with Gasteiger partial charge in [-0.1, -0.05) is 24.3 Å². The Kier molecular flexibility index (Phi) is 4.35. The fourth-order valence-corrected chi connectivity index (χ4v) is 1.77. The van der Waals surface area contributed by atoms with Crippen LogP contribution in [0.1, 0.15) is 11.1 Å². The van der Waals surface area contributed by atoms with E-state index in [9.17, 15) is 9.18 Å². The highest BCUT2D eigenvalue weighted by Gasteiger charge is 2.08. The first-order chi connectivity index (χ1) is 9.58. The molecule has 0 fully saturated rings. The predicted octanol–water partition coefficient (Wildman–Crippen LogP) is 3.46. The van der Waals surface area contributed by atoms with E-state index in [-0.39, 0.29) is 12.3 Å². The molecule has 2 rings (SSSR count). The van der Waals surface area contributed by atoms with Gasteiger partial charge < -0.3 is 10.1 Å². The lowest BCUT2D eigenvalue weighted by Crippen LogP contribution is -2.21. The van der Waals surface area contributed by atoms with Crippen LogP contribution in [0.15, 0.2) is 42.5 Å². The molecule has 104 valence electrons. The summed E-state index contributed by atoms with van der Waals surface area (Å²) in [4.78, 5) is 11.7. The Balaban J connectivity index is 1.96. The van der Waals surface area contributed by atoms with E-state index in [0.717, 1.165) is 11.1 Å². The van der Waals surface area contributed by atoms with E-state index >= 15 is 0 Å². The third-order valence-corrected chi connectivity index (χ3v) is 3.06. The number of nitrogens with one attached hydrogen (secondary N) is 1. The van der Waals surface area contributed by atoms with E-state index in [2.05, 4.69) is 5.32 Å². The molecule has 0 atom stereocenters. The fraction of sp³-hybridized carbons (Fsp3) is 0.188. The Hall–Kier alpha value is -2.36. The van der Waals surface area contributed by atoms with Gasteiger partial charge in [-0.15, -0.1) is 0 Å². The van der Waals surface area contributed by atoms with Crippen molar-refractivity contribution >= 4 is 11.6 Å². The topological polar surface area (TPSA) is 38.3 Å². The highest BCUT2D eigenvalue weighted by Crippen LogP contribution is 2.20. The van der Waals surface area contributed by atoms with Crippen molar-refractivity contribution in [2.24, 2.45) is 0 Å². The second-order valence-corrected chi connectivity index (χ2v) is 4.51. The van der Waals surface area contributed by atoms with Crippen LogP contribution in [0.3, 0.4) is 0 Å². The maximum atomic E-state index is 13.4. The van der Waals surface area contributed by atoms with Gasteiger partial charge in [0.2, 0.25) is 0 Å². The molecule has 0 heterocycles. The number of halogens is 1. The van der Waals surface area contributed by atoms with Crippen LogP contribution in [0.5, 0.6) is 5.75 Å². The van der Waals surface area contributed by atoms with Crippen LogP contribution in [0.4, 0.5) is 10.1 Å². The third kappa shape index (κ3) is 3.35. The van der Waals surface area contributed by atoms with Crippen LogP contribution >= 0.6 is 0 Å². The number of benzene rings is 2. The first-order valence-corrected chi connectivity index (χ1v) is 6.31. The first kappa shape index (κ1) is 14.1. The lowest BCUT2D eigenvalue weighted by molar-refractivity contribution is -0.118. The summed E-state index contributed by atoms with van der Waals surface area (Å²) in [5.74, 6) is -0.197. The normalized spacial score (nSPS) is 10.2. The molecule has 0 aliphatic heterocycles. The Morgan fingerprint density at radius 2 is 1.90 bits per heavy atom. The molecule has 0 saturated carbocycles. The first-order valence-electron chi connectivity index (χ1n) is 6.31. The number of para-hydroxylation sites is 1. The second-order valence-electron chi connectivity index (χ2n) is 4.51. The molecule has 0 saturated heterocycles. The molecule has 0 unspecified atom stereocenters. The van der Waals surface area contributed by atoms with Gasteiger partial charge in [-0.2, -0.15) is 0 Å². The molecule has 20 heavy (non-hydrogen) atoms. The molecule has 2 aromatic carbocycles. The maximum absolute atomic E-state index is 13.4. The number of anilines is 1. The number of carbonyl (C=O) groups is 1. The van der Waals surface area contributed by atoms with E-state index < -0.39 is 11.7 Å². The average molecular weight is 273 g/mol. The average Bonchev–Trinajstić information content (AvgIpc) is 2.43. The summed E-state index contributed by atoms with van der Waals surface area (Å²) in [5.41, 5.74) is 2.24. The zero-order valence-electron chi connectivity index (χ0n) is 11.4. The van der Waals surface area contributed by atoms with Crippen LogP contribution in [0.2, 0.25) is 0 Å². The number of carbonyl (C=O) groups excluding carboxylic acids is 1. The fourth-order valence-electron chi connectivity index (χ4n) is 1.77. The van der Waals surface area contributed by atoms with Crippen molar-refractivity contribution in [2.75, 3.05) is 11.9 Å². The second kappa shape index (κ2) is 6.19. The van der Waals surface area contributed by atoms with E-state index in [4.69, 9.17) is 4.74 Å².